The molecule has 1 heterocycles. The summed E-state index contributed by atoms with van der Waals surface area (Å²) in [5, 5.41) is 3.22. The first kappa shape index (κ1) is 16.9. The fraction of sp³-hybridized carbons (Fsp3) is 0.176. The van der Waals surface area contributed by atoms with Crippen LogP contribution in [0.1, 0.15) is 6.42 Å². The van der Waals surface area contributed by atoms with E-state index >= 15 is 0 Å². The Labute approximate surface area is 151 Å². The van der Waals surface area contributed by atoms with Gasteiger partial charge < -0.3 is 10.2 Å². The number of para-hydroxylation sites is 1. The van der Waals surface area contributed by atoms with E-state index in [0.717, 1.165) is 4.47 Å². The number of carbonyl (C=O) groups excluding carboxylic acids is 2. The third-order valence-corrected chi connectivity index (χ3v) is 5.06. The number of rotatable bonds is 3. The number of halogens is 3. The molecule has 1 fully saturated rings. The standard InChI is InChI=1S/C17H13BrClFN2O2/c18-12-6-5-11(8-13(12)19)21-17(24)10-7-16(23)22(9-10)15-4-2-1-3-14(15)20/h1-6,8,10H,7,9H2,(H,21,24)/t10-/m0/s1. The van der Waals surface area contributed by atoms with Crippen LogP contribution >= 0.6 is 27.5 Å². The summed E-state index contributed by atoms with van der Waals surface area (Å²) in [4.78, 5) is 25.8. The van der Waals surface area contributed by atoms with E-state index in [9.17, 15) is 14.0 Å². The van der Waals surface area contributed by atoms with Crippen LogP contribution in [0.5, 0.6) is 0 Å². The summed E-state index contributed by atoms with van der Waals surface area (Å²) in [7, 11) is 0. The second-order valence-corrected chi connectivity index (χ2v) is 6.74. The smallest absolute Gasteiger partial charge is 0.229 e. The van der Waals surface area contributed by atoms with Gasteiger partial charge in [0, 0.05) is 23.1 Å². The van der Waals surface area contributed by atoms with Crippen molar-refractivity contribution in [1.29, 1.82) is 0 Å². The molecule has 0 spiro atoms. The van der Waals surface area contributed by atoms with Gasteiger partial charge in [0.05, 0.1) is 16.6 Å². The maximum absolute atomic E-state index is 13.9. The summed E-state index contributed by atoms with van der Waals surface area (Å²) in [5.41, 5.74) is 0.745. The van der Waals surface area contributed by atoms with Crippen molar-refractivity contribution < 1.29 is 14.0 Å². The molecule has 0 aromatic heterocycles. The van der Waals surface area contributed by atoms with E-state index in [1.807, 2.05) is 0 Å². The fourth-order valence-electron chi connectivity index (χ4n) is 2.60. The highest BCUT2D eigenvalue weighted by atomic mass is 79.9. The zero-order chi connectivity index (χ0) is 17.3. The van der Waals surface area contributed by atoms with Gasteiger partial charge in [-0.25, -0.2) is 4.39 Å². The Morgan fingerprint density at radius 2 is 2.04 bits per heavy atom. The third-order valence-electron chi connectivity index (χ3n) is 3.83. The van der Waals surface area contributed by atoms with Crippen molar-refractivity contribution in [3.05, 3.63) is 57.8 Å². The maximum atomic E-state index is 13.9. The number of nitrogens with zero attached hydrogens (tertiary/aromatic N) is 1. The Hall–Kier alpha value is -1.92. The van der Waals surface area contributed by atoms with Gasteiger partial charge in [0.1, 0.15) is 5.82 Å². The molecule has 4 nitrogen and oxygen atoms in total. The van der Waals surface area contributed by atoms with Crippen LogP contribution in [-0.2, 0) is 9.59 Å². The monoisotopic (exact) mass is 410 g/mol. The Morgan fingerprint density at radius 3 is 2.75 bits per heavy atom. The first-order valence-corrected chi connectivity index (χ1v) is 8.43. The zero-order valence-electron chi connectivity index (χ0n) is 12.4. The summed E-state index contributed by atoms with van der Waals surface area (Å²) in [5.74, 6) is -1.58. The fourth-order valence-corrected chi connectivity index (χ4v) is 3.03. The lowest BCUT2D eigenvalue weighted by Crippen LogP contribution is -2.28. The van der Waals surface area contributed by atoms with Crippen LogP contribution in [0.2, 0.25) is 5.02 Å². The minimum Gasteiger partial charge on any atom is -0.326 e. The van der Waals surface area contributed by atoms with Gasteiger partial charge in [-0.1, -0.05) is 23.7 Å². The highest BCUT2D eigenvalue weighted by molar-refractivity contribution is 9.10. The summed E-state index contributed by atoms with van der Waals surface area (Å²) in [6.07, 6.45) is 0.0461. The van der Waals surface area contributed by atoms with Crippen molar-refractivity contribution >= 4 is 50.7 Å². The Bertz CT molecular complexity index is 815. The van der Waals surface area contributed by atoms with Crippen molar-refractivity contribution in [2.75, 3.05) is 16.8 Å². The van der Waals surface area contributed by atoms with Gasteiger partial charge in [-0.15, -0.1) is 0 Å². The lowest BCUT2D eigenvalue weighted by molar-refractivity contribution is -0.122. The van der Waals surface area contributed by atoms with Gasteiger partial charge in [0.15, 0.2) is 0 Å². The number of hydrogen-bond acceptors (Lipinski definition) is 2. The minimum absolute atomic E-state index is 0.0461. The summed E-state index contributed by atoms with van der Waals surface area (Å²) in [6.45, 7) is 0.149. The Balaban J connectivity index is 1.72. The molecule has 0 radical (unpaired) electrons. The number of amides is 2. The summed E-state index contributed by atoms with van der Waals surface area (Å²) in [6, 6.07) is 11.1. The van der Waals surface area contributed by atoms with Crippen LogP contribution in [0.15, 0.2) is 46.9 Å². The van der Waals surface area contributed by atoms with Gasteiger partial charge in [-0.3, -0.25) is 9.59 Å². The molecule has 1 aliphatic rings. The van der Waals surface area contributed by atoms with Gasteiger partial charge >= 0.3 is 0 Å². The molecule has 2 aromatic rings. The van der Waals surface area contributed by atoms with Crippen molar-refractivity contribution in [3.8, 4) is 0 Å². The number of carbonyl (C=O) groups is 2. The highest BCUT2D eigenvalue weighted by Gasteiger charge is 2.36. The van der Waals surface area contributed by atoms with Crippen molar-refractivity contribution in [2.45, 2.75) is 6.42 Å². The molecule has 3 rings (SSSR count). The van der Waals surface area contributed by atoms with Gasteiger partial charge in [0.2, 0.25) is 11.8 Å². The highest BCUT2D eigenvalue weighted by Crippen LogP contribution is 2.29. The lowest BCUT2D eigenvalue weighted by atomic mass is 10.1. The van der Waals surface area contributed by atoms with Crippen LogP contribution in [-0.4, -0.2) is 18.4 Å². The van der Waals surface area contributed by atoms with Crippen LogP contribution < -0.4 is 10.2 Å². The first-order chi connectivity index (χ1) is 11.5. The zero-order valence-corrected chi connectivity index (χ0v) is 14.8. The van der Waals surface area contributed by atoms with Crippen molar-refractivity contribution in [2.24, 2.45) is 5.92 Å². The third kappa shape index (κ3) is 3.44. The second kappa shape index (κ2) is 6.91. The SMILES string of the molecule is O=C(Nc1ccc(Br)c(Cl)c1)[C@H]1CC(=O)N(c2ccccc2F)C1. The molecule has 0 bridgehead atoms. The quantitative estimate of drug-likeness (QED) is 0.821. The number of benzene rings is 2. The molecule has 24 heavy (non-hydrogen) atoms. The first-order valence-electron chi connectivity index (χ1n) is 7.26. The van der Waals surface area contributed by atoms with Crippen LogP contribution in [0, 0.1) is 11.7 Å². The molecule has 1 aliphatic heterocycles. The molecule has 7 heteroatoms. The topological polar surface area (TPSA) is 49.4 Å². The largest absolute Gasteiger partial charge is 0.326 e. The molecule has 1 saturated heterocycles. The van der Waals surface area contributed by atoms with E-state index in [-0.39, 0.29) is 30.5 Å². The Kier molecular flexibility index (Phi) is 4.87. The Morgan fingerprint density at radius 1 is 1.29 bits per heavy atom. The maximum Gasteiger partial charge on any atom is 0.229 e. The van der Waals surface area contributed by atoms with Gasteiger partial charge in [-0.05, 0) is 46.3 Å². The second-order valence-electron chi connectivity index (χ2n) is 5.47. The number of hydrogen-bond donors (Lipinski definition) is 1. The van der Waals surface area contributed by atoms with E-state index in [0.29, 0.717) is 10.7 Å². The molecule has 0 unspecified atom stereocenters. The summed E-state index contributed by atoms with van der Waals surface area (Å²) < 4.78 is 14.6. The molecular formula is C17H13BrClFN2O2. The van der Waals surface area contributed by atoms with E-state index in [2.05, 4.69) is 21.2 Å². The summed E-state index contributed by atoms with van der Waals surface area (Å²) >= 11 is 9.28. The van der Waals surface area contributed by atoms with Gasteiger partial charge in [-0.2, -0.15) is 0 Å². The molecule has 0 saturated carbocycles. The van der Waals surface area contributed by atoms with E-state index < -0.39 is 11.7 Å². The van der Waals surface area contributed by atoms with E-state index in [1.54, 1.807) is 30.3 Å². The van der Waals surface area contributed by atoms with E-state index in [4.69, 9.17) is 11.6 Å². The molecule has 2 amide bonds. The average molecular weight is 412 g/mol. The number of nitrogens with one attached hydrogen (secondary N) is 1. The van der Waals surface area contributed by atoms with Crippen molar-refractivity contribution in [3.63, 3.8) is 0 Å². The number of anilines is 2. The van der Waals surface area contributed by atoms with Crippen LogP contribution in [0.25, 0.3) is 0 Å². The van der Waals surface area contributed by atoms with E-state index in [1.165, 1.54) is 17.0 Å². The predicted molar refractivity (Wildman–Crippen MR) is 94.6 cm³/mol. The molecular weight excluding hydrogens is 399 g/mol. The average Bonchev–Trinajstić information content (AvgIpc) is 2.93. The molecule has 1 atom stereocenters. The molecule has 2 aromatic carbocycles. The van der Waals surface area contributed by atoms with Crippen LogP contribution in [0.3, 0.4) is 0 Å². The normalized spacial score (nSPS) is 17.2. The van der Waals surface area contributed by atoms with Gasteiger partial charge in [0.25, 0.3) is 0 Å². The molecule has 1 N–H and O–H groups in total. The lowest BCUT2D eigenvalue weighted by Gasteiger charge is -2.17. The van der Waals surface area contributed by atoms with Crippen LogP contribution in [0.4, 0.5) is 15.8 Å². The molecule has 0 aliphatic carbocycles. The van der Waals surface area contributed by atoms with Crippen molar-refractivity contribution in [1.82, 2.24) is 0 Å². The minimum atomic E-state index is -0.542. The molecule has 124 valence electrons. The predicted octanol–water partition coefficient (Wildman–Crippen LogP) is 4.23.